The highest BCUT2D eigenvalue weighted by Crippen LogP contribution is 2.16. The van der Waals surface area contributed by atoms with Crippen LogP contribution in [0.2, 0.25) is 0 Å². The average molecular weight is 325 g/mol. The predicted molar refractivity (Wildman–Crippen MR) is 87.6 cm³/mol. The van der Waals surface area contributed by atoms with Crippen molar-refractivity contribution in [1.29, 1.82) is 0 Å². The molecule has 1 atom stereocenters. The van der Waals surface area contributed by atoms with Gasteiger partial charge in [0.2, 0.25) is 17.6 Å². The lowest BCUT2D eigenvalue weighted by atomic mass is 10.1. The van der Waals surface area contributed by atoms with Crippen molar-refractivity contribution in [3.8, 4) is 11.4 Å². The molecule has 2 heterocycles. The fourth-order valence-electron chi connectivity index (χ4n) is 2.45. The monoisotopic (exact) mass is 325 g/mol. The molecule has 0 saturated heterocycles. The Morgan fingerprint density at radius 3 is 2.79 bits per heavy atom. The first-order valence-electron chi connectivity index (χ1n) is 7.74. The maximum absolute atomic E-state index is 12.4. The summed E-state index contributed by atoms with van der Waals surface area (Å²) in [5.41, 5.74) is 0.883. The summed E-state index contributed by atoms with van der Waals surface area (Å²) >= 11 is 0. The summed E-state index contributed by atoms with van der Waals surface area (Å²) in [4.78, 5) is 18.4. The number of hydrogen-bond donors (Lipinski definition) is 0. The molecule has 3 aromatic rings. The number of benzene rings is 1. The van der Waals surface area contributed by atoms with E-state index in [4.69, 9.17) is 4.52 Å². The summed E-state index contributed by atoms with van der Waals surface area (Å²) in [7, 11) is 1.73. The van der Waals surface area contributed by atoms with Crippen LogP contribution in [0, 0.1) is 5.92 Å². The van der Waals surface area contributed by atoms with Gasteiger partial charge in [-0.3, -0.25) is 9.48 Å². The molecule has 0 radical (unpaired) electrons. The van der Waals surface area contributed by atoms with E-state index in [1.54, 1.807) is 22.8 Å². The molecule has 0 aliphatic heterocycles. The highest BCUT2D eigenvalue weighted by molar-refractivity contribution is 5.78. The molecule has 0 fully saturated rings. The standard InChI is InChI=1S/C17H19N5O2/c1-13(11-22-10-6-9-18-22)17(23)21(2)12-15-19-16(20-24-15)14-7-4-3-5-8-14/h3-10,13H,11-12H2,1-2H3. The second kappa shape index (κ2) is 7.08. The van der Waals surface area contributed by atoms with Gasteiger partial charge in [-0.25, -0.2) is 0 Å². The number of aromatic nitrogens is 4. The van der Waals surface area contributed by atoms with Gasteiger partial charge in [0, 0.05) is 25.0 Å². The zero-order valence-electron chi connectivity index (χ0n) is 13.7. The fourth-order valence-corrected chi connectivity index (χ4v) is 2.45. The lowest BCUT2D eigenvalue weighted by Crippen LogP contribution is -2.33. The Morgan fingerprint density at radius 1 is 1.29 bits per heavy atom. The zero-order chi connectivity index (χ0) is 16.9. The fraction of sp³-hybridized carbons (Fsp3) is 0.294. The van der Waals surface area contributed by atoms with Crippen LogP contribution in [-0.4, -0.2) is 37.8 Å². The van der Waals surface area contributed by atoms with E-state index in [0.717, 1.165) is 5.56 Å². The first-order chi connectivity index (χ1) is 11.6. The number of nitrogens with zero attached hydrogens (tertiary/aromatic N) is 5. The van der Waals surface area contributed by atoms with Crippen molar-refractivity contribution in [2.24, 2.45) is 5.92 Å². The molecule has 0 bridgehead atoms. The molecule has 1 aromatic carbocycles. The minimum Gasteiger partial charge on any atom is -0.337 e. The number of rotatable bonds is 6. The third kappa shape index (κ3) is 3.68. The van der Waals surface area contributed by atoms with Gasteiger partial charge in [0.15, 0.2) is 0 Å². The van der Waals surface area contributed by atoms with E-state index >= 15 is 0 Å². The molecule has 7 heteroatoms. The van der Waals surface area contributed by atoms with Gasteiger partial charge in [0.05, 0.1) is 19.0 Å². The molecular formula is C17H19N5O2. The van der Waals surface area contributed by atoms with E-state index in [1.807, 2.05) is 49.5 Å². The molecule has 1 amide bonds. The number of carbonyl (C=O) groups excluding carboxylic acids is 1. The normalized spacial score (nSPS) is 12.1. The van der Waals surface area contributed by atoms with Crippen molar-refractivity contribution in [2.45, 2.75) is 20.0 Å². The van der Waals surface area contributed by atoms with Crippen LogP contribution in [0.3, 0.4) is 0 Å². The summed E-state index contributed by atoms with van der Waals surface area (Å²) in [5.74, 6) is 0.753. The van der Waals surface area contributed by atoms with Crippen LogP contribution in [0.1, 0.15) is 12.8 Å². The van der Waals surface area contributed by atoms with E-state index in [9.17, 15) is 4.79 Å². The van der Waals surface area contributed by atoms with Crippen molar-refractivity contribution in [1.82, 2.24) is 24.8 Å². The van der Waals surface area contributed by atoms with Crippen LogP contribution in [0.5, 0.6) is 0 Å². The molecule has 1 unspecified atom stereocenters. The van der Waals surface area contributed by atoms with Gasteiger partial charge in [-0.15, -0.1) is 0 Å². The minimum absolute atomic E-state index is 0.00459. The molecule has 3 rings (SSSR count). The minimum atomic E-state index is -0.189. The second-order valence-electron chi connectivity index (χ2n) is 5.70. The Morgan fingerprint density at radius 2 is 2.08 bits per heavy atom. The maximum Gasteiger partial charge on any atom is 0.246 e. The smallest absolute Gasteiger partial charge is 0.246 e. The molecular weight excluding hydrogens is 306 g/mol. The van der Waals surface area contributed by atoms with E-state index in [0.29, 0.717) is 18.3 Å². The summed E-state index contributed by atoms with van der Waals surface area (Å²) in [6, 6.07) is 11.4. The van der Waals surface area contributed by atoms with Crippen LogP contribution < -0.4 is 0 Å². The molecule has 0 aliphatic rings. The van der Waals surface area contributed by atoms with Gasteiger partial charge in [0.25, 0.3) is 0 Å². The second-order valence-corrected chi connectivity index (χ2v) is 5.70. The van der Waals surface area contributed by atoms with E-state index < -0.39 is 0 Å². The van der Waals surface area contributed by atoms with Gasteiger partial charge in [-0.1, -0.05) is 42.4 Å². The molecule has 0 saturated carbocycles. The number of amides is 1. The van der Waals surface area contributed by atoms with Crippen LogP contribution in [0.15, 0.2) is 53.3 Å². The van der Waals surface area contributed by atoms with Crippen LogP contribution >= 0.6 is 0 Å². The Balaban J connectivity index is 1.61. The largest absolute Gasteiger partial charge is 0.337 e. The number of carbonyl (C=O) groups is 1. The molecule has 7 nitrogen and oxygen atoms in total. The molecule has 2 aromatic heterocycles. The molecule has 0 aliphatic carbocycles. The topological polar surface area (TPSA) is 77.1 Å². The van der Waals surface area contributed by atoms with E-state index in [-0.39, 0.29) is 18.4 Å². The van der Waals surface area contributed by atoms with Gasteiger partial charge in [-0.05, 0) is 6.07 Å². The quantitative estimate of drug-likeness (QED) is 0.694. The first-order valence-corrected chi connectivity index (χ1v) is 7.74. The van der Waals surface area contributed by atoms with Gasteiger partial charge < -0.3 is 9.42 Å². The summed E-state index contributed by atoms with van der Waals surface area (Å²) < 4.78 is 7.00. The highest BCUT2D eigenvalue weighted by atomic mass is 16.5. The summed E-state index contributed by atoms with van der Waals surface area (Å²) in [6.45, 7) is 2.70. The Labute approximate surface area is 139 Å². The van der Waals surface area contributed by atoms with Crippen molar-refractivity contribution in [2.75, 3.05) is 7.05 Å². The Bertz CT molecular complexity index is 782. The average Bonchev–Trinajstić information content (AvgIpc) is 3.27. The Hall–Kier alpha value is -2.96. The van der Waals surface area contributed by atoms with Crippen molar-refractivity contribution in [3.05, 3.63) is 54.7 Å². The third-order valence-corrected chi connectivity index (χ3v) is 3.69. The van der Waals surface area contributed by atoms with Gasteiger partial charge in [-0.2, -0.15) is 10.1 Å². The molecule has 0 N–H and O–H groups in total. The van der Waals surface area contributed by atoms with Crippen LogP contribution in [-0.2, 0) is 17.9 Å². The maximum atomic E-state index is 12.4. The van der Waals surface area contributed by atoms with E-state index in [1.165, 1.54) is 0 Å². The number of hydrogen-bond acceptors (Lipinski definition) is 5. The Kier molecular flexibility index (Phi) is 4.69. The van der Waals surface area contributed by atoms with Crippen molar-refractivity contribution in [3.63, 3.8) is 0 Å². The van der Waals surface area contributed by atoms with Crippen molar-refractivity contribution < 1.29 is 9.32 Å². The predicted octanol–water partition coefficient (Wildman–Crippen LogP) is 2.23. The lowest BCUT2D eigenvalue weighted by molar-refractivity contribution is -0.135. The molecule has 124 valence electrons. The zero-order valence-corrected chi connectivity index (χ0v) is 13.7. The first kappa shape index (κ1) is 15.9. The highest BCUT2D eigenvalue weighted by Gasteiger charge is 2.20. The van der Waals surface area contributed by atoms with Gasteiger partial charge in [0.1, 0.15) is 0 Å². The molecule has 0 spiro atoms. The van der Waals surface area contributed by atoms with Gasteiger partial charge >= 0.3 is 0 Å². The van der Waals surface area contributed by atoms with Crippen LogP contribution in [0.25, 0.3) is 11.4 Å². The molecule has 24 heavy (non-hydrogen) atoms. The SMILES string of the molecule is CC(Cn1cccn1)C(=O)N(C)Cc1nc(-c2ccccc2)no1. The summed E-state index contributed by atoms with van der Waals surface area (Å²) in [5, 5.41) is 8.09. The third-order valence-electron chi connectivity index (χ3n) is 3.69. The summed E-state index contributed by atoms with van der Waals surface area (Å²) in [6.07, 6.45) is 3.54. The van der Waals surface area contributed by atoms with Crippen molar-refractivity contribution >= 4 is 5.91 Å². The van der Waals surface area contributed by atoms with E-state index in [2.05, 4.69) is 15.2 Å². The lowest BCUT2D eigenvalue weighted by Gasteiger charge is -2.19. The van der Waals surface area contributed by atoms with Crippen LogP contribution in [0.4, 0.5) is 0 Å².